The molecule has 4 nitrogen and oxygen atoms in total. The summed E-state index contributed by atoms with van der Waals surface area (Å²) in [4.78, 5) is 11.4. The van der Waals surface area contributed by atoms with Crippen molar-refractivity contribution < 1.29 is 4.74 Å². The van der Waals surface area contributed by atoms with Crippen molar-refractivity contribution in [1.29, 1.82) is 0 Å². The molecule has 0 saturated heterocycles. The van der Waals surface area contributed by atoms with E-state index in [1.165, 1.54) is 0 Å². The van der Waals surface area contributed by atoms with Crippen molar-refractivity contribution in [3.05, 3.63) is 57.4 Å². The highest BCUT2D eigenvalue weighted by Gasteiger charge is 2.02. The molecule has 0 radical (unpaired) electrons. The average Bonchev–Trinajstić information content (AvgIpc) is 2.37. The molecule has 0 aliphatic heterocycles. The molecule has 0 amide bonds. The van der Waals surface area contributed by atoms with Gasteiger partial charge >= 0.3 is 0 Å². The first-order chi connectivity index (χ1) is 8.66. The van der Waals surface area contributed by atoms with Gasteiger partial charge in [-0.1, -0.05) is 18.2 Å². The lowest BCUT2D eigenvalue weighted by Crippen LogP contribution is -2.15. The zero-order chi connectivity index (χ0) is 13.0. The molecule has 0 aliphatic carbocycles. The fraction of sp³-hybridized carbons (Fsp3) is 0.154. The summed E-state index contributed by atoms with van der Waals surface area (Å²) < 4.78 is 7.85. The highest BCUT2D eigenvalue weighted by Crippen LogP contribution is 2.09. The summed E-state index contributed by atoms with van der Waals surface area (Å²) in [5, 5.41) is 0. The van der Waals surface area contributed by atoms with Gasteiger partial charge in [-0.25, -0.2) is 0 Å². The maximum absolute atomic E-state index is 11.4. The summed E-state index contributed by atoms with van der Waals surface area (Å²) in [6.07, 6.45) is 3.31. The second kappa shape index (κ2) is 5.73. The van der Waals surface area contributed by atoms with E-state index in [0.29, 0.717) is 17.6 Å². The maximum Gasteiger partial charge on any atom is 0.218 e. The molecule has 5 heteroatoms. The third-order valence-electron chi connectivity index (χ3n) is 2.42. The molecule has 1 aromatic heterocycles. The Bertz CT molecular complexity index is 555. The van der Waals surface area contributed by atoms with E-state index in [-0.39, 0.29) is 11.1 Å². The van der Waals surface area contributed by atoms with Crippen LogP contribution in [0, 0.1) is 0 Å². The van der Waals surface area contributed by atoms with Crippen molar-refractivity contribution in [3.63, 3.8) is 0 Å². The fourth-order valence-electron chi connectivity index (χ4n) is 1.53. The van der Waals surface area contributed by atoms with Gasteiger partial charge in [0.15, 0.2) is 0 Å². The third kappa shape index (κ3) is 3.13. The highest BCUT2D eigenvalue weighted by atomic mass is 79.9. The van der Waals surface area contributed by atoms with E-state index in [1.54, 1.807) is 12.4 Å². The molecule has 2 N–H and O–H groups in total. The molecule has 94 valence electrons. The Morgan fingerprint density at radius 3 is 2.61 bits per heavy atom. The summed E-state index contributed by atoms with van der Waals surface area (Å²) in [6, 6.07) is 9.57. The Morgan fingerprint density at radius 1 is 1.22 bits per heavy atom. The van der Waals surface area contributed by atoms with Crippen LogP contribution >= 0.6 is 15.9 Å². The Labute approximate surface area is 113 Å². The summed E-state index contributed by atoms with van der Waals surface area (Å²) in [7, 11) is 0. The number of para-hydroxylation sites is 1. The Hall–Kier alpha value is -1.75. The summed E-state index contributed by atoms with van der Waals surface area (Å²) in [6.45, 7) is 1.14. The number of pyridine rings is 1. The first kappa shape index (κ1) is 12.7. The molecule has 2 aromatic rings. The minimum atomic E-state index is -0.185. The number of rotatable bonds is 4. The van der Waals surface area contributed by atoms with Gasteiger partial charge in [-0.2, -0.15) is 0 Å². The van der Waals surface area contributed by atoms with Crippen molar-refractivity contribution in [1.82, 2.24) is 4.57 Å². The van der Waals surface area contributed by atoms with E-state index < -0.39 is 0 Å². The van der Waals surface area contributed by atoms with Crippen LogP contribution in [0.1, 0.15) is 0 Å². The molecular weight excluding hydrogens is 296 g/mol. The lowest BCUT2D eigenvalue weighted by molar-refractivity contribution is 0.298. The number of anilines is 1. The molecule has 0 bridgehead atoms. The van der Waals surface area contributed by atoms with Gasteiger partial charge in [0.25, 0.3) is 0 Å². The number of aromatic nitrogens is 1. The number of hydrogen-bond acceptors (Lipinski definition) is 3. The zero-order valence-corrected chi connectivity index (χ0v) is 11.3. The number of hydrogen-bond donors (Lipinski definition) is 1. The van der Waals surface area contributed by atoms with Gasteiger partial charge in [0.1, 0.15) is 12.4 Å². The van der Waals surface area contributed by atoms with E-state index in [2.05, 4.69) is 15.9 Å². The van der Waals surface area contributed by atoms with Crippen molar-refractivity contribution in [3.8, 4) is 5.75 Å². The third-order valence-corrected chi connectivity index (χ3v) is 2.99. The lowest BCUT2D eigenvalue weighted by atomic mass is 10.3. The molecule has 0 atom stereocenters. The molecule has 0 aliphatic rings. The monoisotopic (exact) mass is 308 g/mol. The quantitative estimate of drug-likeness (QED) is 0.942. The minimum Gasteiger partial charge on any atom is -0.492 e. The predicted octanol–water partition coefficient (Wildman–Crippen LogP) is 2.27. The van der Waals surface area contributed by atoms with Crippen LogP contribution in [0.2, 0.25) is 0 Å². The average molecular weight is 309 g/mol. The fourth-order valence-corrected chi connectivity index (χ4v) is 2.02. The number of benzene rings is 1. The van der Waals surface area contributed by atoms with Gasteiger partial charge < -0.3 is 15.0 Å². The van der Waals surface area contributed by atoms with Crippen LogP contribution in [0.3, 0.4) is 0 Å². The number of nitrogens with zero attached hydrogens (tertiary/aromatic N) is 1. The van der Waals surface area contributed by atoms with E-state index >= 15 is 0 Å². The van der Waals surface area contributed by atoms with Crippen LogP contribution in [-0.2, 0) is 6.54 Å². The summed E-state index contributed by atoms with van der Waals surface area (Å²) >= 11 is 3.18. The van der Waals surface area contributed by atoms with Gasteiger partial charge in [0, 0.05) is 12.4 Å². The molecule has 18 heavy (non-hydrogen) atoms. The SMILES string of the molecule is Nc1cn(CCOc2ccccc2)cc(Br)c1=O. The van der Waals surface area contributed by atoms with E-state index in [4.69, 9.17) is 10.5 Å². The molecule has 1 aromatic carbocycles. The van der Waals surface area contributed by atoms with E-state index in [0.717, 1.165) is 5.75 Å². The van der Waals surface area contributed by atoms with Gasteiger partial charge in [-0.3, -0.25) is 4.79 Å². The smallest absolute Gasteiger partial charge is 0.218 e. The van der Waals surface area contributed by atoms with Gasteiger partial charge in [-0.15, -0.1) is 0 Å². The predicted molar refractivity (Wildman–Crippen MR) is 74.8 cm³/mol. The standard InChI is InChI=1S/C13H13BrN2O2/c14-11-8-16(9-12(15)13(11)17)6-7-18-10-4-2-1-3-5-10/h1-5,8-9H,6-7,15H2. The van der Waals surface area contributed by atoms with Gasteiger partial charge in [0.2, 0.25) is 5.43 Å². The van der Waals surface area contributed by atoms with Crippen LogP contribution < -0.4 is 15.9 Å². The molecule has 0 unspecified atom stereocenters. The topological polar surface area (TPSA) is 57.2 Å². The van der Waals surface area contributed by atoms with E-state index in [9.17, 15) is 4.79 Å². The van der Waals surface area contributed by atoms with Gasteiger partial charge in [0.05, 0.1) is 16.7 Å². The molecule has 0 saturated carbocycles. The number of ether oxygens (including phenoxy) is 1. The molecule has 2 rings (SSSR count). The molecule has 0 spiro atoms. The lowest BCUT2D eigenvalue weighted by Gasteiger charge is -2.09. The van der Waals surface area contributed by atoms with Crippen molar-refractivity contribution in [2.24, 2.45) is 0 Å². The zero-order valence-electron chi connectivity index (χ0n) is 9.67. The minimum absolute atomic E-state index is 0.185. The maximum atomic E-state index is 11.4. The Balaban J connectivity index is 1.97. The number of halogens is 1. The number of nitrogens with two attached hydrogens (primary N) is 1. The molecule has 0 fully saturated rings. The van der Waals surface area contributed by atoms with Crippen LogP contribution in [0.25, 0.3) is 0 Å². The van der Waals surface area contributed by atoms with Crippen LogP contribution in [0.4, 0.5) is 5.69 Å². The molecule has 1 heterocycles. The normalized spacial score (nSPS) is 10.3. The van der Waals surface area contributed by atoms with Crippen LogP contribution in [0.5, 0.6) is 5.75 Å². The first-order valence-corrected chi connectivity index (χ1v) is 6.29. The second-order valence-electron chi connectivity index (χ2n) is 3.79. The summed E-state index contributed by atoms with van der Waals surface area (Å²) in [5.41, 5.74) is 5.64. The van der Waals surface area contributed by atoms with Crippen molar-refractivity contribution in [2.45, 2.75) is 6.54 Å². The van der Waals surface area contributed by atoms with Crippen LogP contribution in [0.15, 0.2) is 52.0 Å². The van der Waals surface area contributed by atoms with Crippen molar-refractivity contribution >= 4 is 21.6 Å². The first-order valence-electron chi connectivity index (χ1n) is 5.50. The van der Waals surface area contributed by atoms with Gasteiger partial charge in [-0.05, 0) is 28.1 Å². The van der Waals surface area contributed by atoms with Crippen molar-refractivity contribution in [2.75, 3.05) is 12.3 Å². The Morgan fingerprint density at radius 2 is 1.94 bits per heavy atom. The van der Waals surface area contributed by atoms with E-state index in [1.807, 2.05) is 34.9 Å². The van der Waals surface area contributed by atoms with Crippen LogP contribution in [-0.4, -0.2) is 11.2 Å². The highest BCUT2D eigenvalue weighted by molar-refractivity contribution is 9.10. The Kier molecular flexibility index (Phi) is 4.04. The second-order valence-corrected chi connectivity index (χ2v) is 4.64. The number of nitrogen functional groups attached to an aromatic ring is 1. The summed E-state index contributed by atoms with van der Waals surface area (Å²) in [5.74, 6) is 0.825. The largest absolute Gasteiger partial charge is 0.492 e. The molecular formula is C13H13BrN2O2.